The molecule has 2 rings (SSSR count). The molecular formula is C13H20N2O. The van der Waals surface area contributed by atoms with Crippen molar-refractivity contribution in [1.82, 2.24) is 10.2 Å². The normalized spacial score (nSPS) is 22.8. The molecule has 1 aliphatic rings. The van der Waals surface area contributed by atoms with Crippen LogP contribution in [0.5, 0.6) is 5.75 Å². The Kier molecular flexibility index (Phi) is 3.80. The van der Waals surface area contributed by atoms with Crippen LogP contribution in [0, 0.1) is 0 Å². The van der Waals surface area contributed by atoms with E-state index in [1.807, 2.05) is 6.07 Å². The van der Waals surface area contributed by atoms with E-state index in [9.17, 15) is 0 Å². The fourth-order valence-corrected chi connectivity index (χ4v) is 2.27. The lowest BCUT2D eigenvalue weighted by Gasteiger charge is -2.25. The molecule has 1 saturated heterocycles. The van der Waals surface area contributed by atoms with Crippen molar-refractivity contribution in [2.24, 2.45) is 0 Å². The highest BCUT2D eigenvalue weighted by Crippen LogP contribution is 2.26. The predicted octanol–water partition coefficient (Wildman–Crippen LogP) is 1.66. The van der Waals surface area contributed by atoms with Crippen molar-refractivity contribution in [2.45, 2.75) is 12.5 Å². The van der Waals surface area contributed by atoms with E-state index in [1.165, 1.54) is 5.56 Å². The number of nitrogens with one attached hydrogen (secondary N) is 1. The number of hydrogen-bond donors (Lipinski definition) is 1. The second-order valence-corrected chi connectivity index (χ2v) is 4.31. The van der Waals surface area contributed by atoms with Crippen LogP contribution in [0.1, 0.15) is 18.0 Å². The third-order valence-corrected chi connectivity index (χ3v) is 3.25. The van der Waals surface area contributed by atoms with E-state index in [0.29, 0.717) is 6.04 Å². The molecule has 0 aliphatic carbocycles. The molecule has 0 radical (unpaired) electrons. The molecule has 3 nitrogen and oxygen atoms in total. The number of benzene rings is 1. The van der Waals surface area contributed by atoms with Gasteiger partial charge in [-0.25, -0.2) is 0 Å². The first-order valence-electron chi connectivity index (χ1n) is 5.86. The van der Waals surface area contributed by atoms with Gasteiger partial charge in [0, 0.05) is 19.1 Å². The fraction of sp³-hybridized carbons (Fsp3) is 0.538. The Bertz CT molecular complexity index is 340. The Balaban J connectivity index is 2.19. The number of methoxy groups -OCH3 is 1. The molecule has 0 aromatic heterocycles. The molecule has 1 unspecified atom stereocenters. The Morgan fingerprint density at radius 2 is 2.25 bits per heavy atom. The zero-order valence-corrected chi connectivity index (χ0v) is 10.1. The Morgan fingerprint density at radius 3 is 3.06 bits per heavy atom. The van der Waals surface area contributed by atoms with Gasteiger partial charge in [-0.2, -0.15) is 0 Å². The van der Waals surface area contributed by atoms with E-state index in [2.05, 4.69) is 35.5 Å². The molecule has 3 heteroatoms. The van der Waals surface area contributed by atoms with E-state index >= 15 is 0 Å². The van der Waals surface area contributed by atoms with Crippen LogP contribution in [0.2, 0.25) is 0 Å². The Morgan fingerprint density at radius 1 is 1.38 bits per heavy atom. The first-order chi connectivity index (χ1) is 7.81. The Labute approximate surface area is 97.4 Å². The lowest BCUT2D eigenvalue weighted by molar-refractivity contribution is 0.257. The summed E-state index contributed by atoms with van der Waals surface area (Å²) in [5.74, 6) is 0.947. The van der Waals surface area contributed by atoms with Gasteiger partial charge in [0.05, 0.1) is 7.11 Å². The van der Waals surface area contributed by atoms with Gasteiger partial charge in [0.25, 0.3) is 0 Å². The first-order valence-corrected chi connectivity index (χ1v) is 5.86. The van der Waals surface area contributed by atoms with Crippen LogP contribution in [-0.2, 0) is 0 Å². The van der Waals surface area contributed by atoms with Gasteiger partial charge >= 0.3 is 0 Å². The second kappa shape index (κ2) is 5.32. The number of hydrogen-bond acceptors (Lipinski definition) is 3. The lowest BCUT2D eigenvalue weighted by Crippen LogP contribution is -2.26. The van der Waals surface area contributed by atoms with Crippen LogP contribution in [0.15, 0.2) is 24.3 Å². The molecule has 1 aromatic rings. The molecule has 0 spiro atoms. The molecule has 88 valence electrons. The van der Waals surface area contributed by atoms with Crippen LogP contribution in [-0.4, -0.2) is 38.7 Å². The first kappa shape index (κ1) is 11.4. The lowest BCUT2D eigenvalue weighted by atomic mass is 10.0. The van der Waals surface area contributed by atoms with E-state index in [1.54, 1.807) is 7.11 Å². The minimum absolute atomic E-state index is 0.505. The maximum absolute atomic E-state index is 5.28. The average Bonchev–Trinajstić information content (AvgIpc) is 2.54. The third-order valence-electron chi connectivity index (χ3n) is 3.25. The number of nitrogens with zero attached hydrogens (tertiary/aromatic N) is 1. The minimum Gasteiger partial charge on any atom is -0.497 e. The summed E-state index contributed by atoms with van der Waals surface area (Å²) >= 11 is 0. The van der Waals surface area contributed by atoms with E-state index in [4.69, 9.17) is 4.74 Å². The van der Waals surface area contributed by atoms with Crippen molar-refractivity contribution in [3.05, 3.63) is 29.8 Å². The van der Waals surface area contributed by atoms with Crippen molar-refractivity contribution >= 4 is 0 Å². The summed E-state index contributed by atoms with van der Waals surface area (Å²) in [7, 11) is 3.91. The quantitative estimate of drug-likeness (QED) is 0.820. The molecule has 1 aromatic carbocycles. The van der Waals surface area contributed by atoms with Crippen molar-refractivity contribution in [2.75, 3.05) is 33.8 Å². The summed E-state index contributed by atoms with van der Waals surface area (Å²) in [6.07, 6.45) is 1.16. The molecule has 1 N–H and O–H groups in total. The number of ether oxygens (including phenoxy) is 1. The summed E-state index contributed by atoms with van der Waals surface area (Å²) in [4.78, 5) is 2.41. The van der Waals surface area contributed by atoms with Gasteiger partial charge < -0.3 is 10.1 Å². The van der Waals surface area contributed by atoms with E-state index in [-0.39, 0.29) is 0 Å². The van der Waals surface area contributed by atoms with Crippen molar-refractivity contribution in [3.8, 4) is 5.75 Å². The van der Waals surface area contributed by atoms with Gasteiger partial charge in [0.15, 0.2) is 0 Å². The van der Waals surface area contributed by atoms with Crippen molar-refractivity contribution in [3.63, 3.8) is 0 Å². The molecule has 1 aliphatic heterocycles. The molecular weight excluding hydrogens is 200 g/mol. The van der Waals surface area contributed by atoms with E-state index < -0.39 is 0 Å². The maximum Gasteiger partial charge on any atom is 0.119 e. The summed E-state index contributed by atoms with van der Waals surface area (Å²) in [6, 6.07) is 8.91. The number of rotatable bonds is 2. The van der Waals surface area contributed by atoms with Gasteiger partial charge in [-0.1, -0.05) is 12.1 Å². The summed E-state index contributed by atoms with van der Waals surface area (Å²) in [5.41, 5.74) is 1.35. The topological polar surface area (TPSA) is 24.5 Å². The molecule has 0 bridgehead atoms. The Hall–Kier alpha value is -1.06. The van der Waals surface area contributed by atoms with Crippen LogP contribution >= 0.6 is 0 Å². The zero-order valence-electron chi connectivity index (χ0n) is 10.1. The van der Waals surface area contributed by atoms with Gasteiger partial charge in [-0.15, -0.1) is 0 Å². The van der Waals surface area contributed by atoms with Gasteiger partial charge in [0.2, 0.25) is 0 Å². The summed E-state index contributed by atoms with van der Waals surface area (Å²) < 4.78 is 5.28. The fourth-order valence-electron chi connectivity index (χ4n) is 2.27. The molecule has 16 heavy (non-hydrogen) atoms. The molecule has 0 saturated carbocycles. The average molecular weight is 220 g/mol. The van der Waals surface area contributed by atoms with Gasteiger partial charge in [-0.05, 0) is 37.7 Å². The standard InChI is InChI=1S/C13H20N2O/c1-15-9-8-14-7-6-13(15)11-4-3-5-12(10-11)16-2/h3-5,10,13-14H,6-9H2,1-2H3. The number of likely N-dealkylation sites (N-methyl/N-ethyl adjacent to an activating group) is 1. The highest BCUT2D eigenvalue weighted by molar-refractivity contribution is 5.30. The minimum atomic E-state index is 0.505. The highest BCUT2D eigenvalue weighted by Gasteiger charge is 2.19. The molecule has 1 atom stereocenters. The molecule has 1 heterocycles. The van der Waals surface area contributed by atoms with Crippen molar-refractivity contribution < 1.29 is 4.74 Å². The predicted molar refractivity (Wildman–Crippen MR) is 65.9 cm³/mol. The summed E-state index contributed by atoms with van der Waals surface area (Å²) in [5, 5.41) is 3.43. The maximum atomic E-state index is 5.28. The van der Waals surface area contributed by atoms with Crippen LogP contribution in [0.4, 0.5) is 0 Å². The largest absolute Gasteiger partial charge is 0.497 e. The van der Waals surface area contributed by atoms with Crippen LogP contribution in [0.25, 0.3) is 0 Å². The molecule has 0 amide bonds. The third kappa shape index (κ3) is 2.54. The molecule has 1 fully saturated rings. The van der Waals surface area contributed by atoms with Gasteiger partial charge in [-0.3, -0.25) is 4.90 Å². The van der Waals surface area contributed by atoms with E-state index in [0.717, 1.165) is 31.8 Å². The second-order valence-electron chi connectivity index (χ2n) is 4.31. The van der Waals surface area contributed by atoms with Crippen LogP contribution < -0.4 is 10.1 Å². The van der Waals surface area contributed by atoms with Gasteiger partial charge in [0.1, 0.15) is 5.75 Å². The highest BCUT2D eigenvalue weighted by atomic mass is 16.5. The smallest absolute Gasteiger partial charge is 0.119 e. The summed E-state index contributed by atoms with van der Waals surface area (Å²) in [6.45, 7) is 3.27. The monoisotopic (exact) mass is 220 g/mol. The van der Waals surface area contributed by atoms with Crippen LogP contribution in [0.3, 0.4) is 0 Å². The SMILES string of the molecule is COc1cccc(C2CCNCCN2C)c1. The zero-order chi connectivity index (χ0) is 11.4. The van der Waals surface area contributed by atoms with Crippen molar-refractivity contribution in [1.29, 1.82) is 0 Å².